The Morgan fingerprint density at radius 3 is 2.55 bits per heavy atom. The first-order chi connectivity index (χ1) is 9.69. The van der Waals surface area contributed by atoms with Crippen LogP contribution >= 0.6 is 0 Å². The maximum atomic E-state index is 5.33. The predicted octanol–water partition coefficient (Wildman–Crippen LogP) is 2.84. The molecule has 2 rings (SSSR count). The van der Waals surface area contributed by atoms with Gasteiger partial charge in [0.2, 0.25) is 0 Å². The lowest BCUT2D eigenvalue weighted by atomic mass is 10.1. The van der Waals surface area contributed by atoms with E-state index < -0.39 is 0 Å². The molecule has 0 aliphatic rings. The van der Waals surface area contributed by atoms with Crippen molar-refractivity contribution in [1.29, 1.82) is 0 Å². The summed E-state index contributed by atoms with van der Waals surface area (Å²) in [7, 11) is 3.29. The standard InChI is InChI=1S/C15H21N3O2/c1-5-18-10-16-8-12(18)9-17-13-7-15(20-4)14(19-3)6-11(13)2/h6-8,10,17H,5,9H2,1-4H3. The molecular formula is C15H21N3O2. The molecule has 1 aromatic heterocycles. The van der Waals surface area contributed by atoms with Gasteiger partial charge in [-0.05, 0) is 25.5 Å². The van der Waals surface area contributed by atoms with Crippen LogP contribution in [0.25, 0.3) is 0 Å². The minimum absolute atomic E-state index is 0.726. The lowest BCUT2D eigenvalue weighted by Gasteiger charge is -2.14. The Balaban J connectivity index is 2.17. The summed E-state index contributed by atoms with van der Waals surface area (Å²) in [5, 5.41) is 3.42. The van der Waals surface area contributed by atoms with Crippen LogP contribution in [0.3, 0.4) is 0 Å². The van der Waals surface area contributed by atoms with E-state index in [4.69, 9.17) is 9.47 Å². The normalized spacial score (nSPS) is 10.4. The van der Waals surface area contributed by atoms with Crippen LogP contribution in [0.4, 0.5) is 5.69 Å². The highest BCUT2D eigenvalue weighted by Crippen LogP contribution is 2.33. The number of nitrogens with one attached hydrogen (secondary N) is 1. The van der Waals surface area contributed by atoms with Crippen LogP contribution < -0.4 is 14.8 Å². The van der Waals surface area contributed by atoms with Crippen molar-refractivity contribution < 1.29 is 9.47 Å². The highest BCUT2D eigenvalue weighted by Gasteiger charge is 2.09. The molecule has 0 amide bonds. The molecular weight excluding hydrogens is 254 g/mol. The summed E-state index contributed by atoms with van der Waals surface area (Å²) >= 11 is 0. The van der Waals surface area contributed by atoms with Gasteiger partial charge < -0.3 is 19.4 Å². The van der Waals surface area contributed by atoms with Crippen molar-refractivity contribution in [2.45, 2.75) is 26.9 Å². The van der Waals surface area contributed by atoms with E-state index in [2.05, 4.69) is 21.8 Å². The topological polar surface area (TPSA) is 48.3 Å². The number of ether oxygens (including phenoxy) is 2. The van der Waals surface area contributed by atoms with E-state index in [9.17, 15) is 0 Å². The van der Waals surface area contributed by atoms with Gasteiger partial charge in [-0.15, -0.1) is 0 Å². The van der Waals surface area contributed by atoms with Crippen LogP contribution in [-0.2, 0) is 13.1 Å². The number of rotatable bonds is 6. The quantitative estimate of drug-likeness (QED) is 0.880. The summed E-state index contributed by atoms with van der Waals surface area (Å²) in [6.45, 7) is 5.79. The van der Waals surface area contributed by atoms with E-state index in [1.54, 1.807) is 14.2 Å². The zero-order valence-electron chi connectivity index (χ0n) is 12.4. The number of anilines is 1. The number of hydrogen-bond acceptors (Lipinski definition) is 4. The van der Waals surface area contributed by atoms with Crippen molar-refractivity contribution in [2.24, 2.45) is 0 Å². The fourth-order valence-corrected chi connectivity index (χ4v) is 2.14. The molecule has 0 aliphatic heterocycles. The molecule has 2 aromatic rings. The van der Waals surface area contributed by atoms with Crippen molar-refractivity contribution in [3.05, 3.63) is 35.9 Å². The minimum atomic E-state index is 0.726. The fraction of sp³-hybridized carbons (Fsp3) is 0.400. The van der Waals surface area contributed by atoms with Gasteiger partial charge in [0, 0.05) is 24.5 Å². The van der Waals surface area contributed by atoms with Crippen LogP contribution in [0.15, 0.2) is 24.7 Å². The summed E-state index contributed by atoms with van der Waals surface area (Å²) in [4.78, 5) is 4.17. The number of methoxy groups -OCH3 is 2. The van der Waals surface area contributed by atoms with E-state index >= 15 is 0 Å². The molecule has 1 heterocycles. The molecule has 0 unspecified atom stereocenters. The Kier molecular flexibility index (Phi) is 4.50. The smallest absolute Gasteiger partial charge is 0.162 e. The van der Waals surface area contributed by atoms with Gasteiger partial charge in [0.15, 0.2) is 11.5 Å². The number of benzene rings is 1. The second-order valence-electron chi connectivity index (χ2n) is 4.55. The van der Waals surface area contributed by atoms with Gasteiger partial charge in [-0.3, -0.25) is 0 Å². The summed E-state index contributed by atoms with van der Waals surface area (Å²) in [6.07, 6.45) is 3.73. The molecule has 0 atom stereocenters. The predicted molar refractivity (Wildman–Crippen MR) is 79.5 cm³/mol. The molecule has 0 fully saturated rings. The summed E-state index contributed by atoms with van der Waals surface area (Å²) in [5.74, 6) is 1.47. The molecule has 20 heavy (non-hydrogen) atoms. The van der Waals surface area contributed by atoms with Crippen molar-refractivity contribution in [3.8, 4) is 11.5 Å². The van der Waals surface area contributed by atoms with Crippen LogP contribution in [0.2, 0.25) is 0 Å². The molecule has 5 heteroatoms. The first kappa shape index (κ1) is 14.2. The third kappa shape index (κ3) is 2.87. The first-order valence-corrected chi connectivity index (χ1v) is 6.65. The molecule has 1 aromatic carbocycles. The largest absolute Gasteiger partial charge is 0.493 e. The summed E-state index contributed by atoms with van der Waals surface area (Å²) in [5.41, 5.74) is 3.30. The molecule has 5 nitrogen and oxygen atoms in total. The van der Waals surface area contributed by atoms with Gasteiger partial charge in [-0.1, -0.05) is 0 Å². The summed E-state index contributed by atoms with van der Waals surface area (Å²) in [6, 6.07) is 3.93. The average molecular weight is 275 g/mol. The third-order valence-electron chi connectivity index (χ3n) is 3.33. The van der Waals surface area contributed by atoms with Crippen LogP contribution in [0.5, 0.6) is 11.5 Å². The van der Waals surface area contributed by atoms with Gasteiger partial charge in [-0.2, -0.15) is 0 Å². The van der Waals surface area contributed by atoms with E-state index in [1.807, 2.05) is 31.6 Å². The Labute approximate surface area is 119 Å². The maximum absolute atomic E-state index is 5.33. The second-order valence-corrected chi connectivity index (χ2v) is 4.55. The molecule has 0 aliphatic carbocycles. The van der Waals surface area contributed by atoms with Crippen LogP contribution in [0, 0.1) is 6.92 Å². The average Bonchev–Trinajstić information content (AvgIpc) is 2.93. The zero-order valence-corrected chi connectivity index (χ0v) is 12.4. The van der Waals surface area contributed by atoms with Crippen molar-refractivity contribution in [1.82, 2.24) is 9.55 Å². The second kappa shape index (κ2) is 6.32. The Morgan fingerprint density at radius 1 is 1.20 bits per heavy atom. The monoisotopic (exact) mass is 275 g/mol. The number of aromatic nitrogens is 2. The minimum Gasteiger partial charge on any atom is -0.493 e. The lowest BCUT2D eigenvalue weighted by Crippen LogP contribution is -2.07. The van der Waals surface area contributed by atoms with E-state index in [0.717, 1.165) is 41.5 Å². The van der Waals surface area contributed by atoms with E-state index in [0.29, 0.717) is 0 Å². The molecule has 0 spiro atoms. The molecule has 1 N–H and O–H groups in total. The number of imidazole rings is 1. The Bertz CT molecular complexity index is 578. The van der Waals surface area contributed by atoms with E-state index in [-0.39, 0.29) is 0 Å². The Morgan fingerprint density at radius 2 is 1.90 bits per heavy atom. The number of hydrogen-bond donors (Lipinski definition) is 1. The Hall–Kier alpha value is -2.17. The zero-order chi connectivity index (χ0) is 14.5. The van der Waals surface area contributed by atoms with Crippen molar-refractivity contribution in [3.63, 3.8) is 0 Å². The van der Waals surface area contributed by atoms with Gasteiger partial charge >= 0.3 is 0 Å². The highest BCUT2D eigenvalue weighted by atomic mass is 16.5. The van der Waals surface area contributed by atoms with Crippen molar-refractivity contribution in [2.75, 3.05) is 19.5 Å². The van der Waals surface area contributed by atoms with Gasteiger partial charge in [0.05, 0.1) is 32.8 Å². The highest BCUT2D eigenvalue weighted by molar-refractivity contribution is 5.60. The fourth-order valence-electron chi connectivity index (χ4n) is 2.14. The van der Waals surface area contributed by atoms with Crippen LogP contribution in [0.1, 0.15) is 18.2 Å². The van der Waals surface area contributed by atoms with Gasteiger partial charge in [0.25, 0.3) is 0 Å². The molecule has 0 saturated heterocycles. The molecule has 108 valence electrons. The number of aryl methyl sites for hydroxylation is 2. The number of nitrogens with zero attached hydrogens (tertiary/aromatic N) is 2. The summed E-state index contributed by atoms with van der Waals surface area (Å²) < 4.78 is 12.7. The van der Waals surface area contributed by atoms with E-state index in [1.165, 1.54) is 0 Å². The molecule has 0 saturated carbocycles. The van der Waals surface area contributed by atoms with Gasteiger partial charge in [-0.25, -0.2) is 4.98 Å². The third-order valence-corrected chi connectivity index (χ3v) is 3.33. The molecule has 0 bridgehead atoms. The lowest BCUT2D eigenvalue weighted by molar-refractivity contribution is 0.355. The molecule has 0 radical (unpaired) electrons. The van der Waals surface area contributed by atoms with Gasteiger partial charge in [0.1, 0.15) is 0 Å². The maximum Gasteiger partial charge on any atom is 0.162 e. The van der Waals surface area contributed by atoms with Crippen molar-refractivity contribution >= 4 is 5.69 Å². The SMILES string of the molecule is CCn1cncc1CNc1cc(OC)c(OC)cc1C. The van der Waals surface area contributed by atoms with Crippen LogP contribution in [-0.4, -0.2) is 23.8 Å². The first-order valence-electron chi connectivity index (χ1n) is 6.65.